The minimum Gasteiger partial charge on any atom is -0.451 e. The van der Waals surface area contributed by atoms with Crippen molar-refractivity contribution in [1.29, 1.82) is 0 Å². The van der Waals surface area contributed by atoms with Gasteiger partial charge in [0.15, 0.2) is 0 Å². The highest BCUT2D eigenvalue weighted by atomic mass is 32.2. The second-order valence-corrected chi connectivity index (χ2v) is 9.16. The number of fused-ring (bicyclic) bond motifs is 1. The Morgan fingerprint density at radius 3 is 2.52 bits per heavy atom. The van der Waals surface area contributed by atoms with E-state index < -0.39 is 27.5 Å². The van der Waals surface area contributed by atoms with Gasteiger partial charge in [0.2, 0.25) is 0 Å². The van der Waals surface area contributed by atoms with Gasteiger partial charge >= 0.3 is 21.9 Å². The fourth-order valence-electron chi connectivity index (χ4n) is 3.84. The minimum absolute atomic E-state index is 0.148. The Morgan fingerprint density at radius 2 is 1.84 bits per heavy atom. The van der Waals surface area contributed by atoms with Crippen LogP contribution >= 0.6 is 0 Å². The summed E-state index contributed by atoms with van der Waals surface area (Å²) < 4.78 is 36.6. The molecule has 9 nitrogen and oxygen atoms in total. The number of benzene rings is 2. The number of anilines is 2. The molecule has 2 heterocycles. The molecule has 1 unspecified atom stereocenters. The average Bonchev–Trinajstić information content (AvgIpc) is 3.19. The van der Waals surface area contributed by atoms with Crippen molar-refractivity contribution in [2.45, 2.75) is 24.8 Å². The summed E-state index contributed by atoms with van der Waals surface area (Å²) in [6.07, 6.45) is 2.63. The van der Waals surface area contributed by atoms with Gasteiger partial charge in [0.25, 0.3) is 5.56 Å². The standard InChI is InChI=1S/C21H23N3O6S/c25-19(22-16-6-7-17-18(13-16)30-21(23-17)31(27,28)29)20(26)24-10-8-15(9-11-24)12-14-4-2-1-3-5-14/h1-7,13,15,21,23H,8-12H2,(H,22,25)(H,27,28,29). The van der Waals surface area contributed by atoms with Crippen molar-refractivity contribution in [2.75, 3.05) is 23.7 Å². The Hall–Kier alpha value is -3.11. The lowest BCUT2D eigenvalue weighted by Crippen LogP contribution is -2.44. The Kier molecular flexibility index (Phi) is 5.84. The molecular formula is C21H23N3O6S. The van der Waals surface area contributed by atoms with Crippen LogP contribution in [0.4, 0.5) is 11.4 Å². The number of piperidine rings is 1. The number of rotatable bonds is 4. The van der Waals surface area contributed by atoms with Gasteiger partial charge in [-0.05, 0) is 42.9 Å². The van der Waals surface area contributed by atoms with Crippen molar-refractivity contribution >= 4 is 33.3 Å². The summed E-state index contributed by atoms with van der Waals surface area (Å²) in [4.78, 5) is 26.5. The quantitative estimate of drug-likeness (QED) is 0.486. The molecule has 2 amide bonds. The molecule has 1 atom stereocenters. The predicted octanol–water partition coefficient (Wildman–Crippen LogP) is 2.08. The van der Waals surface area contributed by atoms with E-state index in [4.69, 9.17) is 9.29 Å². The van der Waals surface area contributed by atoms with Gasteiger partial charge in [-0.2, -0.15) is 8.42 Å². The highest BCUT2D eigenvalue weighted by Crippen LogP contribution is 2.35. The van der Waals surface area contributed by atoms with E-state index in [-0.39, 0.29) is 11.4 Å². The van der Waals surface area contributed by atoms with Gasteiger partial charge in [0.1, 0.15) is 5.75 Å². The van der Waals surface area contributed by atoms with Gasteiger partial charge in [-0.15, -0.1) is 0 Å². The van der Waals surface area contributed by atoms with Crippen LogP contribution in [0.1, 0.15) is 18.4 Å². The molecule has 0 aromatic heterocycles. The van der Waals surface area contributed by atoms with Gasteiger partial charge in [-0.3, -0.25) is 14.1 Å². The van der Waals surface area contributed by atoms with Crippen LogP contribution in [0.25, 0.3) is 0 Å². The maximum atomic E-state index is 12.5. The molecule has 0 radical (unpaired) electrons. The lowest BCUT2D eigenvalue weighted by atomic mass is 9.90. The minimum atomic E-state index is -4.44. The number of carbonyl (C=O) groups is 2. The number of ether oxygens (including phenoxy) is 1. The molecule has 0 bridgehead atoms. The molecular weight excluding hydrogens is 422 g/mol. The summed E-state index contributed by atoms with van der Waals surface area (Å²) in [6.45, 7) is 1.05. The van der Waals surface area contributed by atoms with E-state index >= 15 is 0 Å². The maximum absolute atomic E-state index is 12.5. The summed E-state index contributed by atoms with van der Waals surface area (Å²) >= 11 is 0. The first-order valence-electron chi connectivity index (χ1n) is 9.97. The topological polar surface area (TPSA) is 125 Å². The van der Waals surface area contributed by atoms with Crippen LogP contribution in [0.15, 0.2) is 48.5 Å². The number of hydrogen-bond acceptors (Lipinski definition) is 6. The summed E-state index contributed by atoms with van der Waals surface area (Å²) in [5.74, 6) is -0.742. The number of amides is 2. The van der Waals surface area contributed by atoms with E-state index in [1.165, 1.54) is 23.8 Å². The Labute approximate surface area is 180 Å². The summed E-state index contributed by atoms with van der Waals surface area (Å²) in [6, 6.07) is 14.6. The zero-order valence-corrected chi connectivity index (χ0v) is 17.5. The largest absolute Gasteiger partial charge is 0.451 e. The van der Waals surface area contributed by atoms with Gasteiger partial charge in [-0.25, -0.2) is 0 Å². The van der Waals surface area contributed by atoms with Gasteiger partial charge in [-0.1, -0.05) is 30.3 Å². The molecule has 2 aromatic carbocycles. The SMILES string of the molecule is O=C(Nc1ccc2c(c1)OC(S(=O)(=O)O)N2)C(=O)N1CCC(Cc2ccccc2)CC1. The monoisotopic (exact) mass is 445 g/mol. The van der Waals surface area contributed by atoms with Gasteiger partial charge in [0, 0.05) is 24.8 Å². The fraction of sp³-hybridized carbons (Fsp3) is 0.333. The van der Waals surface area contributed by atoms with Crippen molar-refractivity contribution in [2.24, 2.45) is 5.92 Å². The Bertz CT molecular complexity index is 1080. The second-order valence-electron chi connectivity index (χ2n) is 7.70. The zero-order chi connectivity index (χ0) is 22.0. The molecule has 164 valence electrons. The molecule has 4 rings (SSSR count). The molecule has 31 heavy (non-hydrogen) atoms. The molecule has 2 aliphatic heterocycles. The summed E-state index contributed by atoms with van der Waals surface area (Å²) in [5.41, 5.74) is 0.308. The lowest BCUT2D eigenvalue weighted by Gasteiger charge is -2.31. The molecule has 1 fully saturated rings. The normalized spacial score (nSPS) is 18.6. The summed E-state index contributed by atoms with van der Waals surface area (Å²) in [5, 5.41) is 5.03. The third kappa shape index (κ3) is 4.97. The van der Waals surface area contributed by atoms with Gasteiger partial charge < -0.3 is 20.3 Å². The van der Waals surface area contributed by atoms with E-state index in [2.05, 4.69) is 22.8 Å². The zero-order valence-electron chi connectivity index (χ0n) is 16.7. The van der Waals surface area contributed by atoms with Crippen molar-refractivity contribution in [3.05, 3.63) is 54.1 Å². The van der Waals surface area contributed by atoms with Crippen LogP contribution in [0.3, 0.4) is 0 Å². The van der Waals surface area contributed by atoms with Crippen molar-refractivity contribution in [3.8, 4) is 5.75 Å². The van der Waals surface area contributed by atoms with Crippen LogP contribution in [-0.4, -0.2) is 48.3 Å². The van der Waals surface area contributed by atoms with Crippen LogP contribution in [0.2, 0.25) is 0 Å². The Morgan fingerprint density at radius 1 is 1.13 bits per heavy atom. The van der Waals surface area contributed by atoms with E-state index in [0.29, 0.717) is 24.7 Å². The molecule has 3 N–H and O–H groups in total. The van der Waals surface area contributed by atoms with Crippen LogP contribution in [-0.2, 0) is 26.1 Å². The number of carbonyl (C=O) groups excluding carboxylic acids is 2. The second kappa shape index (κ2) is 8.56. The smallest absolute Gasteiger partial charge is 0.323 e. The first-order valence-corrected chi connectivity index (χ1v) is 11.5. The van der Waals surface area contributed by atoms with E-state index in [1.807, 2.05) is 18.2 Å². The van der Waals surface area contributed by atoms with E-state index in [1.54, 1.807) is 4.90 Å². The molecule has 0 aliphatic carbocycles. The van der Waals surface area contributed by atoms with Crippen LogP contribution in [0, 0.1) is 5.92 Å². The Balaban J connectivity index is 1.30. The molecule has 1 saturated heterocycles. The molecule has 2 aliphatic rings. The van der Waals surface area contributed by atoms with Crippen LogP contribution in [0.5, 0.6) is 5.75 Å². The van der Waals surface area contributed by atoms with Crippen molar-refractivity contribution in [1.82, 2.24) is 4.90 Å². The predicted molar refractivity (Wildman–Crippen MR) is 114 cm³/mol. The van der Waals surface area contributed by atoms with Crippen molar-refractivity contribution in [3.63, 3.8) is 0 Å². The number of hydrogen-bond donors (Lipinski definition) is 3. The molecule has 10 heteroatoms. The third-order valence-electron chi connectivity index (χ3n) is 5.48. The lowest BCUT2D eigenvalue weighted by molar-refractivity contribution is -0.144. The van der Waals surface area contributed by atoms with Crippen LogP contribution < -0.4 is 15.4 Å². The first-order chi connectivity index (χ1) is 14.8. The van der Waals surface area contributed by atoms with Gasteiger partial charge in [0.05, 0.1) is 5.69 Å². The maximum Gasteiger partial charge on any atom is 0.323 e. The average molecular weight is 445 g/mol. The molecule has 0 saturated carbocycles. The first kappa shape index (κ1) is 21.1. The number of nitrogens with zero attached hydrogens (tertiary/aromatic N) is 1. The number of likely N-dealkylation sites (tertiary alicyclic amines) is 1. The van der Waals surface area contributed by atoms with E-state index in [0.717, 1.165) is 19.3 Å². The number of nitrogens with one attached hydrogen (secondary N) is 2. The van der Waals surface area contributed by atoms with E-state index in [9.17, 15) is 18.0 Å². The highest BCUT2D eigenvalue weighted by molar-refractivity contribution is 7.86. The van der Waals surface area contributed by atoms with Crippen molar-refractivity contribution < 1.29 is 27.3 Å². The highest BCUT2D eigenvalue weighted by Gasteiger charge is 2.33. The summed E-state index contributed by atoms with van der Waals surface area (Å²) in [7, 11) is -4.44. The fourth-order valence-corrected chi connectivity index (χ4v) is 4.34. The third-order valence-corrected chi connectivity index (χ3v) is 6.24. The molecule has 2 aromatic rings. The molecule has 0 spiro atoms.